The molecule has 1 aliphatic heterocycles. The number of nitrogens with zero attached hydrogens (tertiary/aromatic N) is 6. The van der Waals surface area contributed by atoms with E-state index in [0.29, 0.717) is 49.9 Å². The van der Waals surface area contributed by atoms with Crippen molar-refractivity contribution in [3.8, 4) is 5.75 Å². The average Bonchev–Trinajstić information content (AvgIpc) is 3.51. The predicted octanol–water partition coefficient (Wildman–Crippen LogP) is 4.73. The summed E-state index contributed by atoms with van der Waals surface area (Å²) in [5, 5.41) is 3.62. The summed E-state index contributed by atoms with van der Waals surface area (Å²) in [7, 11) is 3.44. The van der Waals surface area contributed by atoms with Gasteiger partial charge >= 0.3 is 0 Å². The molecule has 3 amide bonds. The van der Waals surface area contributed by atoms with E-state index in [1.165, 1.54) is 6.20 Å². The number of rotatable bonds is 12. The van der Waals surface area contributed by atoms with Gasteiger partial charge in [-0.1, -0.05) is 5.16 Å². The van der Waals surface area contributed by atoms with Crippen molar-refractivity contribution in [2.75, 3.05) is 56.7 Å². The quantitative estimate of drug-likeness (QED) is 0.201. The van der Waals surface area contributed by atoms with E-state index in [4.69, 9.17) is 9.26 Å². The maximum absolute atomic E-state index is 13.1. The van der Waals surface area contributed by atoms with Crippen LogP contribution in [0.2, 0.25) is 0 Å². The Morgan fingerprint density at radius 2 is 1.66 bits per heavy atom. The van der Waals surface area contributed by atoms with Crippen LogP contribution in [0.3, 0.4) is 0 Å². The van der Waals surface area contributed by atoms with E-state index in [1.807, 2.05) is 37.3 Å². The first-order chi connectivity index (χ1) is 19.6. The number of anilines is 2. The molecule has 0 unspecified atom stereocenters. The zero-order valence-corrected chi connectivity index (χ0v) is 28.0. The molecule has 44 heavy (non-hydrogen) atoms. The second kappa shape index (κ2) is 17.2. The van der Waals surface area contributed by atoms with Crippen LogP contribution < -0.4 is 14.5 Å². The third-order valence-corrected chi connectivity index (χ3v) is 7.32. The number of aromatic nitrogens is 2. The number of carbonyl (C=O) groups is 3. The van der Waals surface area contributed by atoms with Crippen LogP contribution in [0.5, 0.6) is 5.75 Å². The molecular formula is C30H41Cl3N6O5. The molecule has 14 heteroatoms. The van der Waals surface area contributed by atoms with E-state index in [2.05, 4.69) is 15.0 Å². The minimum atomic E-state index is -1.16. The van der Waals surface area contributed by atoms with Gasteiger partial charge in [-0.2, -0.15) is 0 Å². The Balaban J connectivity index is 0.00000323. The van der Waals surface area contributed by atoms with Gasteiger partial charge in [0.2, 0.25) is 17.6 Å². The summed E-state index contributed by atoms with van der Waals surface area (Å²) in [5.74, 6) is 0.157. The molecule has 0 atom stereocenters. The first-order valence-corrected chi connectivity index (χ1v) is 13.8. The molecule has 2 aromatic heterocycles. The van der Waals surface area contributed by atoms with E-state index in [0.717, 1.165) is 18.5 Å². The van der Waals surface area contributed by atoms with Crippen LogP contribution in [0.15, 0.2) is 59.5 Å². The van der Waals surface area contributed by atoms with Crippen molar-refractivity contribution in [1.29, 1.82) is 0 Å². The molecule has 0 bridgehead atoms. The number of hydrogen-bond acceptors (Lipinski definition) is 8. The number of ether oxygens (including phenoxy) is 1. The molecule has 0 N–H and O–H groups in total. The highest BCUT2D eigenvalue weighted by molar-refractivity contribution is 6.20. The summed E-state index contributed by atoms with van der Waals surface area (Å²) in [6.45, 7) is 8.76. The van der Waals surface area contributed by atoms with Gasteiger partial charge in [0.15, 0.2) is 0 Å². The molecule has 0 aliphatic carbocycles. The highest BCUT2D eigenvalue weighted by Crippen LogP contribution is 2.40. The Morgan fingerprint density at radius 1 is 0.955 bits per heavy atom. The molecule has 242 valence electrons. The van der Waals surface area contributed by atoms with Gasteiger partial charge in [-0.05, 0) is 57.0 Å². The lowest BCUT2D eigenvalue weighted by Crippen LogP contribution is -2.47. The van der Waals surface area contributed by atoms with Crippen LogP contribution in [0.25, 0.3) is 0 Å². The highest BCUT2D eigenvalue weighted by atomic mass is 35.5. The number of fused-ring (bicyclic) bond motifs is 1. The average molecular weight is 672 g/mol. The van der Waals surface area contributed by atoms with E-state index < -0.39 is 5.41 Å². The Bertz CT molecular complexity index is 1360. The molecule has 3 heterocycles. The van der Waals surface area contributed by atoms with Crippen LogP contribution >= 0.6 is 37.2 Å². The highest BCUT2D eigenvalue weighted by Gasteiger charge is 2.45. The fourth-order valence-electron chi connectivity index (χ4n) is 4.87. The molecule has 0 fully saturated rings. The molecule has 0 saturated carbocycles. The van der Waals surface area contributed by atoms with Gasteiger partial charge in [0, 0.05) is 71.3 Å². The van der Waals surface area contributed by atoms with Crippen molar-refractivity contribution < 1.29 is 23.6 Å². The Hall–Kier alpha value is -3.38. The van der Waals surface area contributed by atoms with Crippen molar-refractivity contribution in [1.82, 2.24) is 19.9 Å². The molecule has 11 nitrogen and oxygen atoms in total. The third kappa shape index (κ3) is 8.84. The molecular weight excluding hydrogens is 631 g/mol. The maximum Gasteiger partial charge on any atom is 0.292 e. The van der Waals surface area contributed by atoms with Gasteiger partial charge in [0.05, 0.1) is 24.2 Å². The summed E-state index contributed by atoms with van der Waals surface area (Å²) < 4.78 is 11.1. The van der Waals surface area contributed by atoms with E-state index in [-0.39, 0.29) is 60.7 Å². The van der Waals surface area contributed by atoms with Crippen molar-refractivity contribution in [3.05, 3.63) is 66.3 Å². The normalized spacial score (nSPS) is 13.7. The minimum Gasteiger partial charge on any atom is -0.493 e. The monoisotopic (exact) mass is 670 g/mol. The number of amides is 3. The number of pyridine rings is 1. The fraction of sp³-hybridized carbons (Fsp3) is 0.433. The number of halogens is 3. The van der Waals surface area contributed by atoms with Crippen LogP contribution in [0.1, 0.15) is 43.3 Å². The van der Waals surface area contributed by atoms with Gasteiger partial charge < -0.3 is 24.0 Å². The molecule has 4 rings (SSSR count). The van der Waals surface area contributed by atoms with E-state index in [1.54, 1.807) is 61.1 Å². The summed E-state index contributed by atoms with van der Waals surface area (Å²) in [6.07, 6.45) is 5.73. The van der Waals surface area contributed by atoms with Crippen LogP contribution in [-0.2, 0) is 16.1 Å². The van der Waals surface area contributed by atoms with Gasteiger partial charge in [-0.15, -0.1) is 37.2 Å². The van der Waals surface area contributed by atoms with Gasteiger partial charge in [0.25, 0.3) is 5.91 Å². The lowest BCUT2D eigenvalue weighted by Gasteiger charge is -2.27. The van der Waals surface area contributed by atoms with Crippen molar-refractivity contribution in [3.63, 3.8) is 0 Å². The lowest BCUT2D eigenvalue weighted by atomic mass is 9.90. The van der Waals surface area contributed by atoms with Crippen molar-refractivity contribution in [2.24, 2.45) is 5.41 Å². The van der Waals surface area contributed by atoms with Crippen LogP contribution in [-0.4, -0.2) is 84.5 Å². The largest absolute Gasteiger partial charge is 0.493 e. The van der Waals surface area contributed by atoms with Gasteiger partial charge in [-0.3, -0.25) is 24.3 Å². The van der Waals surface area contributed by atoms with Crippen LogP contribution in [0, 0.1) is 5.41 Å². The first-order valence-electron chi connectivity index (χ1n) is 13.8. The number of carbonyl (C=O) groups excluding carboxylic acids is 3. The number of hydrogen-bond donors (Lipinski definition) is 0. The molecule has 3 aromatic rings. The third-order valence-electron chi connectivity index (χ3n) is 7.32. The maximum atomic E-state index is 13.1. The van der Waals surface area contributed by atoms with Crippen LogP contribution in [0.4, 0.5) is 11.4 Å². The lowest BCUT2D eigenvalue weighted by molar-refractivity contribution is -0.137. The first kappa shape index (κ1) is 38.6. The van der Waals surface area contributed by atoms with Gasteiger partial charge in [-0.25, -0.2) is 0 Å². The van der Waals surface area contributed by atoms with E-state index in [9.17, 15) is 14.4 Å². The second-order valence-electron chi connectivity index (χ2n) is 10.6. The summed E-state index contributed by atoms with van der Waals surface area (Å²) >= 11 is 0. The Kier molecular flexibility index (Phi) is 15.1. The van der Waals surface area contributed by atoms with Crippen molar-refractivity contribution in [2.45, 2.75) is 33.7 Å². The summed E-state index contributed by atoms with van der Waals surface area (Å²) in [4.78, 5) is 50.0. The number of benzene rings is 1. The standard InChI is InChI=1S/C30H38N6O5.3ClH/c1-6-36-24-9-8-23(20-25(24)34(5)28(38)30(2,3)29(36)39)40-19-7-16-35(21-22-10-13-31-14-11-22)18-17-33(4)27(37)26-12-15-32-41-26;;;/h8-15,20H,6-7,16-19,21H2,1-5H3;3*1H. The Labute approximate surface area is 277 Å². The summed E-state index contributed by atoms with van der Waals surface area (Å²) in [5.41, 5.74) is 1.31. The molecule has 0 saturated heterocycles. The molecule has 1 aliphatic rings. The van der Waals surface area contributed by atoms with Gasteiger partial charge in [0.1, 0.15) is 11.2 Å². The summed E-state index contributed by atoms with van der Waals surface area (Å²) in [6, 6.07) is 11.0. The SMILES string of the molecule is CCN1C(=O)C(C)(C)C(=O)N(C)c2cc(OCCCN(CCN(C)C(=O)c3ccno3)Cc3ccncc3)ccc21.Cl.Cl.Cl. The molecule has 1 aromatic carbocycles. The van der Waals surface area contributed by atoms with Crippen molar-refractivity contribution >= 4 is 66.3 Å². The zero-order chi connectivity index (χ0) is 29.6. The topological polar surface area (TPSA) is 112 Å². The second-order valence-corrected chi connectivity index (χ2v) is 10.6. The van der Waals surface area contributed by atoms with E-state index >= 15 is 0 Å². The fourth-order valence-corrected chi connectivity index (χ4v) is 4.87. The number of likely N-dealkylation sites (N-methyl/N-ethyl adjacent to an activating group) is 1. The Morgan fingerprint density at radius 3 is 2.30 bits per heavy atom. The predicted molar refractivity (Wildman–Crippen MR) is 176 cm³/mol. The molecule has 0 radical (unpaired) electrons. The zero-order valence-electron chi connectivity index (χ0n) is 25.6. The smallest absolute Gasteiger partial charge is 0.292 e. The minimum absolute atomic E-state index is 0. The molecule has 0 spiro atoms.